The highest BCUT2D eigenvalue weighted by molar-refractivity contribution is 5.39. The summed E-state index contributed by atoms with van der Waals surface area (Å²) in [5.41, 5.74) is 2.74. The standard InChI is InChI=1S/C14H21NO2/c1-3-8-17-10-14-13-9-12(16-2)5-4-11(13)6-7-15-14/h4-5,9,14-15H,3,6-8,10H2,1-2H3. The van der Waals surface area contributed by atoms with Crippen LogP contribution < -0.4 is 10.1 Å². The number of methoxy groups -OCH3 is 1. The first-order chi connectivity index (χ1) is 8.35. The zero-order valence-electron chi connectivity index (χ0n) is 10.7. The van der Waals surface area contributed by atoms with Gasteiger partial charge in [-0.15, -0.1) is 0 Å². The highest BCUT2D eigenvalue weighted by atomic mass is 16.5. The minimum Gasteiger partial charge on any atom is -0.497 e. The maximum Gasteiger partial charge on any atom is 0.119 e. The quantitative estimate of drug-likeness (QED) is 0.794. The molecular formula is C14H21NO2. The summed E-state index contributed by atoms with van der Waals surface area (Å²) in [5.74, 6) is 0.924. The van der Waals surface area contributed by atoms with Gasteiger partial charge >= 0.3 is 0 Å². The van der Waals surface area contributed by atoms with E-state index >= 15 is 0 Å². The van der Waals surface area contributed by atoms with Crippen molar-refractivity contribution in [2.24, 2.45) is 0 Å². The molecule has 0 bridgehead atoms. The van der Waals surface area contributed by atoms with Crippen molar-refractivity contribution in [2.75, 3.05) is 26.9 Å². The summed E-state index contributed by atoms with van der Waals surface area (Å²) in [5, 5.41) is 3.50. The first kappa shape index (κ1) is 12.4. The smallest absolute Gasteiger partial charge is 0.119 e. The van der Waals surface area contributed by atoms with Crippen molar-refractivity contribution >= 4 is 0 Å². The Morgan fingerprint density at radius 2 is 2.29 bits per heavy atom. The number of hydrogen-bond acceptors (Lipinski definition) is 3. The van der Waals surface area contributed by atoms with E-state index < -0.39 is 0 Å². The Hall–Kier alpha value is -1.06. The highest BCUT2D eigenvalue weighted by Gasteiger charge is 2.20. The Labute approximate surface area is 103 Å². The van der Waals surface area contributed by atoms with E-state index in [1.807, 2.05) is 6.07 Å². The van der Waals surface area contributed by atoms with Gasteiger partial charge in [0.1, 0.15) is 5.75 Å². The van der Waals surface area contributed by atoms with Crippen molar-refractivity contribution in [2.45, 2.75) is 25.8 Å². The van der Waals surface area contributed by atoms with Crippen LogP contribution in [-0.4, -0.2) is 26.9 Å². The molecule has 1 aliphatic heterocycles. The lowest BCUT2D eigenvalue weighted by Gasteiger charge is -2.27. The molecule has 0 amide bonds. The molecule has 1 aliphatic rings. The molecule has 1 aromatic carbocycles. The number of hydrogen-bond donors (Lipinski definition) is 1. The van der Waals surface area contributed by atoms with Crippen LogP contribution in [0.2, 0.25) is 0 Å². The Balaban J connectivity index is 2.11. The van der Waals surface area contributed by atoms with E-state index in [1.54, 1.807) is 7.11 Å². The number of ether oxygens (including phenoxy) is 2. The monoisotopic (exact) mass is 235 g/mol. The topological polar surface area (TPSA) is 30.5 Å². The molecule has 1 heterocycles. The molecule has 1 aromatic rings. The van der Waals surface area contributed by atoms with Crippen LogP contribution in [0.5, 0.6) is 5.75 Å². The SMILES string of the molecule is CCCOCC1NCCc2ccc(OC)cc21. The molecule has 1 unspecified atom stereocenters. The average Bonchev–Trinajstić information content (AvgIpc) is 2.39. The van der Waals surface area contributed by atoms with Gasteiger partial charge in [0.2, 0.25) is 0 Å². The number of fused-ring (bicyclic) bond motifs is 1. The summed E-state index contributed by atoms with van der Waals surface area (Å²) < 4.78 is 10.9. The zero-order valence-corrected chi connectivity index (χ0v) is 10.7. The third-order valence-electron chi connectivity index (χ3n) is 3.15. The van der Waals surface area contributed by atoms with Gasteiger partial charge in [0.25, 0.3) is 0 Å². The predicted octanol–water partition coefficient (Wildman–Crippen LogP) is 2.31. The lowest BCUT2D eigenvalue weighted by molar-refractivity contribution is 0.110. The normalized spacial score (nSPS) is 18.8. The lowest BCUT2D eigenvalue weighted by Crippen LogP contribution is -2.32. The zero-order chi connectivity index (χ0) is 12.1. The van der Waals surface area contributed by atoms with Crippen LogP contribution in [0.25, 0.3) is 0 Å². The van der Waals surface area contributed by atoms with Crippen LogP contribution >= 0.6 is 0 Å². The van der Waals surface area contributed by atoms with E-state index in [1.165, 1.54) is 11.1 Å². The Morgan fingerprint density at radius 3 is 3.06 bits per heavy atom. The van der Waals surface area contributed by atoms with E-state index in [-0.39, 0.29) is 0 Å². The summed E-state index contributed by atoms with van der Waals surface area (Å²) in [6.07, 6.45) is 2.15. The molecule has 1 N–H and O–H groups in total. The second kappa shape index (κ2) is 6.03. The molecule has 0 saturated carbocycles. The maximum atomic E-state index is 5.65. The van der Waals surface area contributed by atoms with Crippen molar-refractivity contribution in [1.29, 1.82) is 0 Å². The fraction of sp³-hybridized carbons (Fsp3) is 0.571. The van der Waals surface area contributed by atoms with Crippen LogP contribution in [-0.2, 0) is 11.2 Å². The minimum atomic E-state index is 0.306. The summed E-state index contributed by atoms with van der Waals surface area (Å²) >= 11 is 0. The summed E-state index contributed by atoms with van der Waals surface area (Å²) in [7, 11) is 1.71. The highest BCUT2D eigenvalue weighted by Crippen LogP contribution is 2.27. The van der Waals surface area contributed by atoms with E-state index in [2.05, 4.69) is 24.4 Å². The van der Waals surface area contributed by atoms with Crippen molar-refractivity contribution < 1.29 is 9.47 Å². The molecule has 0 fully saturated rings. The van der Waals surface area contributed by atoms with Gasteiger partial charge in [-0.1, -0.05) is 13.0 Å². The fourth-order valence-corrected chi connectivity index (χ4v) is 2.24. The van der Waals surface area contributed by atoms with Gasteiger partial charge < -0.3 is 14.8 Å². The van der Waals surface area contributed by atoms with Gasteiger partial charge in [-0.25, -0.2) is 0 Å². The molecule has 2 rings (SSSR count). The van der Waals surface area contributed by atoms with E-state index in [9.17, 15) is 0 Å². The van der Waals surface area contributed by atoms with Crippen LogP contribution in [0, 0.1) is 0 Å². The molecule has 0 spiro atoms. The van der Waals surface area contributed by atoms with Crippen LogP contribution in [0.1, 0.15) is 30.5 Å². The molecule has 94 valence electrons. The van der Waals surface area contributed by atoms with Gasteiger partial charge in [-0.2, -0.15) is 0 Å². The van der Waals surface area contributed by atoms with Crippen molar-refractivity contribution in [1.82, 2.24) is 5.32 Å². The molecule has 17 heavy (non-hydrogen) atoms. The van der Waals surface area contributed by atoms with Gasteiger partial charge in [0, 0.05) is 6.61 Å². The van der Waals surface area contributed by atoms with E-state index in [0.29, 0.717) is 6.04 Å². The Kier molecular flexibility index (Phi) is 4.40. The van der Waals surface area contributed by atoms with Gasteiger partial charge in [-0.3, -0.25) is 0 Å². The largest absolute Gasteiger partial charge is 0.497 e. The second-order valence-corrected chi connectivity index (χ2v) is 4.40. The number of nitrogens with one attached hydrogen (secondary N) is 1. The molecule has 3 heteroatoms. The summed E-state index contributed by atoms with van der Waals surface area (Å²) in [6.45, 7) is 4.73. The predicted molar refractivity (Wildman–Crippen MR) is 68.6 cm³/mol. The molecule has 0 aliphatic carbocycles. The number of benzene rings is 1. The first-order valence-electron chi connectivity index (χ1n) is 6.33. The van der Waals surface area contributed by atoms with Crippen LogP contribution in [0.15, 0.2) is 18.2 Å². The average molecular weight is 235 g/mol. The van der Waals surface area contributed by atoms with Gasteiger partial charge in [0.05, 0.1) is 19.8 Å². The van der Waals surface area contributed by atoms with Gasteiger partial charge in [-0.05, 0) is 42.6 Å². The maximum absolute atomic E-state index is 5.65. The molecule has 0 radical (unpaired) electrons. The third-order valence-corrected chi connectivity index (χ3v) is 3.15. The van der Waals surface area contributed by atoms with Crippen molar-refractivity contribution in [3.05, 3.63) is 29.3 Å². The Bertz CT molecular complexity index is 365. The van der Waals surface area contributed by atoms with Crippen molar-refractivity contribution in [3.8, 4) is 5.75 Å². The third kappa shape index (κ3) is 2.99. The van der Waals surface area contributed by atoms with Crippen LogP contribution in [0.4, 0.5) is 0 Å². The summed E-state index contributed by atoms with van der Waals surface area (Å²) in [6, 6.07) is 6.64. The minimum absolute atomic E-state index is 0.306. The molecule has 3 nitrogen and oxygen atoms in total. The first-order valence-corrected chi connectivity index (χ1v) is 6.33. The van der Waals surface area contributed by atoms with Gasteiger partial charge in [0.15, 0.2) is 0 Å². The van der Waals surface area contributed by atoms with Crippen molar-refractivity contribution in [3.63, 3.8) is 0 Å². The molecule has 1 atom stereocenters. The number of rotatable bonds is 5. The molecule has 0 saturated heterocycles. The second-order valence-electron chi connectivity index (χ2n) is 4.40. The Morgan fingerprint density at radius 1 is 1.41 bits per heavy atom. The van der Waals surface area contributed by atoms with E-state index in [4.69, 9.17) is 9.47 Å². The molecular weight excluding hydrogens is 214 g/mol. The fourth-order valence-electron chi connectivity index (χ4n) is 2.24. The summed E-state index contributed by atoms with van der Waals surface area (Å²) in [4.78, 5) is 0. The molecule has 0 aromatic heterocycles. The van der Waals surface area contributed by atoms with E-state index in [0.717, 1.165) is 38.3 Å². The lowest BCUT2D eigenvalue weighted by atomic mass is 9.94. The van der Waals surface area contributed by atoms with Crippen LogP contribution in [0.3, 0.4) is 0 Å².